The molecule has 0 radical (unpaired) electrons. The number of sulfonamides is 1. The van der Waals surface area contributed by atoms with Crippen molar-refractivity contribution < 1.29 is 23.2 Å². The second-order valence-electron chi connectivity index (χ2n) is 6.85. The Morgan fingerprint density at radius 3 is 2.13 bits per heavy atom. The van der Waals surface area contributed by atoms with Crippen molar-refractivity contribution in [3.05, 3.63) is 72.8 Å². The van der Waals surface area contributed by atoms with Gasteiger partial charge in [-0.25, -0.2) is 8.42 Å². The minimum absolute atomic E-state index is 0.0274. The highest BCUT2D eigenvalue weighted by molar-refractivity contribution is 7.89. The van der Waals surface area contributed by atoms with Gasteiger partial charge in [0.2, 0.25) is 10.0 Å². The summed E-state index contributed by atoms with van der Waals surface area (Å²) in [5.41, 5.74) is -1.07. The van der Waals surface area contributed by atoms with Crippen LogP contribution in [0.15, 0.2) is 47.4 Å². The molecule has 1 atom stereocenters. The van der Waals surface area contributed by atoms with Gasteiger partial charge in [-0.15, -0.1) is 0 Å². The molecule has 1 heterocycles. The van der Waals surface area contributed by atoms with Gasteiger partial charge in [0.1, 0.15) is 5.69 Å². The third kappa shape index (κ3) is 4.29. The molecule has 0 N–H and O–H groups in total. The Morgan fingerprint density at radius 1 is 0.903 bits per heavy atom. The molecule has 0 bridgehead atoms. The molecule has 1 aliphatic rings. The molecule has 14 heteroatoms. The number of hydrogen-bond donors (Lipinski definition) is 0. The largest absolute Gasteiger partial charge is 0.363 e. The fourth-order valence-electron chi connectivity index (χ4n) is 3.45. The number of hydrogen-bond acceptors (Lipinski definition) is 9. The number of nitro benzene ring substituents is 3. The third-order valence-corrected chi connectivity index (χ3v) is 6.92. The molecule has 3 rings (SSSR count). The summed E-state index contributed by atoms with van der Waals surface area (Å²) in [6.45, 7) is 1.77. The van der Waals surface area contributed by atoms with Crippen LogP contribution in [-0.4, -0.2) is 53.2 Å². The first-order chi connectivity index (χ1) is 14.5. The number of nitrogens with zero attached hydrogens (tertiary/aromatic N) is 5. The Balaban J connectivity index is 1.87. The molecule has 0 amide bonds. The summed E-state index contributed by atoms with van der Waals surface area (Å²) in [5, 5.41) is 33.3. The monoisotopic (exact) mass is 451 g/mol. The van der Waals surface area contributed by atoms with Gasteiger partial charge in [-0.2, -0.15) is 4.31 Å². The van der Waals surface area contributed by atoms with Crippen LogP contribution in [0.5, 0.6) is 0 Å². The van der Waals surface area contributed by atoms with Crippen LogP contribution in [0.1, 0.15) is 6.92 Å². The smallest absolute Gasteiger partial charge is 0.299 e. The van der Waals surface area contributed by atoms with Gasteiger partial charge in [0.05, 0.1) is 25.7 Å². The first-order valence-electron chi connectivity index (χ1n) is 8.96. The van der Waals surface area contributed by atoms with Gasteiger partial charge in [-0.3, -0.25) is 30.3 Å². The van der Waals surface area contributed by atoms with Crippen molar-refractivity contribution in [2.75, 3.05) is 24.5 Å². The zero-order valence-electron chi connectivity index (χ0n) is 16.2. The van der Waals surface area contributed by atoms with E-state index in [0.29, 0.717) is 0 Å². The van der Waals surface area contributed by atoms with E-state index in [2.05, 4.69) is 0 Å². The predicted octanol–water partition coefficient (Wildman–Crippen LogP) is 2.31. The Hall–Kier alpha value is -3.65. The lowest BCUT2D eigenvalue weighted by molar-refractivity contribution is -0.393. The van der Waals surface area contributed by atoms with Crippen LogP contribution in [-0.2, 0) is 10.0 Å². The van der Waals surface area contributed by atoms with E-state index in [1.54, 1.807) is 11.8 Å². The first-order valence-corrected chi connectivity index (χ1v) is 10.4. The molecule has 1 saturated heterocycles. The molecule has 1 aliphatic heterocycles. The van der Waals surface area contributed by atoms with Crippen LogP contribution in [0.4, 0.5) is 22.7 Å². The highest BCUT2D eigenvalue weighted by atomic mass is 32.2. The molecule has 0 unspecified atom stereocenters. The van der Waals surface area contributed by atoms with Crippen LogP contribution in [0.3, 0.4) is 0 Å². The lowest BCUT2D eigenvalue weighted by Crippen LogP contribution is -2.54. The van der Waals surface area contributed by atoms with Crippen molar-refractivity contribution >= 4 is 32.8 Å². The van der Waals surface area contributed by atoms with Gasteiger partial charge in [-0.05, 0) is 19.1 Å². The lowest BCUT2D eigenvalue weighted by Gasteiger charge is -2.39. The maximum atomic E-state index is 13.0. The second kappa shape index (κ2) is 8.23. The summed E-state index contributed by atoms with van der Waals surface area (Å²) < 4.78 is 27.2. The van der Waals surface area contributed by atoms with Crippen molar-refractivity contribution in [2.24, 2.45) is 0 Å². The fraction of sp³-hybridized carbons (Fsp3) is 0.294. The fourth-order valence-corrected chi connectivity index (χ4v) is 5.10. The summed E-state index contributed by atoms with van der Waals surface area (Å²) in [6, 6.07) is 7.39. The molecule has 0 saturated carbocycles. The molecule has 0 aromatic heterocycles. The van der Waals surface area contributed by atoms with Gasteiger partial charge in [0.15, 0.2) is 0 Å². The second-order valence-corrected chi connectivity index (χ2v) is 8.74. The average molecular weight is 451 g/mol. The summed E-state index contributed by atoms with van der Waals surface area (Å²) in [7, 11) is -4.04. The maximum Gasteiger partial charge on any atom is 0.299 e. The molecule has 0 aliphatic carbocycles. The summed E-state index contributed by atoms with van der Waals surface area (Å²) >= 11 is 0. The van der Waals surface area contributed by atoms with Crippen molar-refractivity contribution in [3.8, 4) is 0 Å². The molecular weight excluding hydrogens is 434 g/mol. The Bertz CT molecular complexity index is 1170. The number of rotatable bonds is 6. The third-order valence-electron chi connectivity index (χ3n) is 4.91. The van der Waals surface area contributed by atoms with E-state index >= 15 is 0 Å². The number of benzene rings is 2. The van der Waals surface area contributed by atoms with Crippen molar-refractivity contribution in [1.29, 1.82) is 0 Å². The topological polar surface area (TPSA) is 170 Å². The summed E-state index contributed by atoms with van der Waals surface area (Å²) in [6.07, 6.45) is 0. The summed E-state index contributed by atoms with van der Waals surface area (Å²) in [4.78, 5) is 32.5. The molecular formula is C17H17N5O8S. The predicted molar refractivity (Wildman–Crippen MR) is 108 cm³/mol. The Kier molecular flexibility index (Phi) is 5.85. The van der Waals surface area contributed by atoms with E-state index in [9.17, 15) is 38.8 Å². The Morgan fingerprint density at radius 2 is 1.55 bits per heavy atom. The first kappa shape index (κ1) is 22.0. The molecule has 2 aromatic carbocycles. The standard InChI is InChI=1S/C17H17N5O8S/c1-12-11-18(16-6-5-14(21(25)26)10-17(16)22(27)28)7-8-19(12)31(29,30)15-4-2-3-13(9-15)20(23)24/h2-6,9-10,12H,7-8,11H2,1H3/t12-/m0/s1. The number of anilines is 1. The molecule has 1 fully saturated rings. The van der Waals surface area contributed by atoms with Crippen molar-refractivity contribution in [2.45, 2.75) is 17.9 Å². The average Bonchev–Trinajstić information content (AvgIpc) is 2.73. The van der Waals surface area contributed by atoms with Crippen molar-refractivity contribution in [3.63, 3.8) is 0 Å². The van der Waals surface area contributed by atoms with Gasteiger partial charge >= 0.3 is 0 Å². The van der Waals surface area contributed by atoms with Crippen LogP contribution < -0.4 is 4.90 Å². The van der Waals surface area contributed by atoms with Crippen molar-refractivity contribution in [1.82, 2.24) is 4.31 Å². The zero-order valence-corrected chi connectivity index (χ0v) is 17.0. The van der Waals surface area contributed by atoms with E-state index in [0.717, 1.165) is 18.2 Å². The Labute approximate surface area is 176 Å². The van der Waals surface area contributed by atoms with Crippen LogP contribution in [0, 0.1) is 30.3 Å². The molecule has 31 heavy (non-hydrogen) atoms. The molecule has 164 valence electrons. The number of piperazine rings is 1. The van der Waals surface area contributed by atoms with Gasteiger partial charge in [0.25, 0.3) is 17.1 Å². The normalized spacial score (nSPS) is 17.3. The van der Waals surface area contributed by atoms with Gasteiger partial charge in [-0.1, -0.05) is 6.07 Å². The van der Waals surface area contributed by atoms with Crippen LogP contribution in [0.2, 0.25) is 0 Å². The van der Waals surface area contributed by atoms with Gasteiger partial charge in [0, 0.05) is 43.9 Å². The van der Waals surface area contributed by atoms with E-state index in [1.165, 1.54) is 28.6 Å². The van der Waals surface area contributed by atoms with Crippen LogP contribution in [0.25, 0.3) is 0 Å². The van der Waals surface area contributed by atoms with E-state index in [-0.39, 0.29) is 35.9 Å². The molecule has 2 aromatic rings. The maximum absolute atomic E-state index is 13.0. The van der Waals surface area contributed by atoms with E-state index < -0.39 is 42.2 Å². The van der Waals surface area contributed by atoms with Gasteiger partial charge < -0.3 is 4.90 Å². The minimum Gasteiger partial charge on any atom is -0.363 e. The molecule has 0 spiro atoms. The molecule has 13 nitrogen and oxygen atoms in total. The minimum atomic E-state index is -4.04. The number of nitro groups is 3. The zero-order chi connectivity index (χ0) is 22.9. The van der Waals surface area contributed by atoms with E-state index in [4.69, 9.17) is 0 Å². The highest BCUT2D eigenvalue weighted by Gasteiger charge is 2.36. The quantitative estimate of drug-likeness (QED) is 0.472. The number of non-ortho nitro benzene ring substituents is 2. The lowest BCUT2D eigenvalue weighted by atomic mass is 10.1. The highest BCUT2D eigenvalue weighted by Crippen LogP contribution is 2.34. The van der Waals surface area contributed by atoms with Crippen LogP contribution >= 0.6 is 0 Å². The summed E-state index contributed by atoms with van der Waals surface area (Å²) in [5.74, 6) is 0. The van der Waals surface area contributed by atoms with E-state index in [1.807, 2.05) is 0 Å². The SMILES string of the molecule is C[C@H]1CN(c2ccc([N+](=O)[O-])cc2[N+](=O)[O-])CCN1S(=O)(=O)c1cccc([N+](=O)[O-])c1.